The van der Waals surface area contributed by atoms with Gasteiger partial charge in [0, 0.05) is 6.54 Å². The Morgan fingerprint density at radius 1 is 0.900 bits per heavy atom. The topological polar surface area (TPSA) is 12.0 Å². The van der Waals surface area contributed by atoms with Gasteiger partial charge in [0.25, 0.3) is 0 Å². The van der Waals surface area contributed by atoms with E-state index >= 15 is 0 Å². The van der Waals surface area contributed by atoms with Crippen molar-refractivity contribution in [1.29, 1.82) is 0 Å². The smallest absolute Gasteiger partial charge is 0.200 e. The van der Waals surface area contributed by atoms with Gasteiger partial charge in [-0.3, -0.25) is 0 Å². The average Bonchev–Trinajstić information content (AvgIpc) is 2.45. The standard InChI is InChI=1S/C14H16F5N/c1-3-5-20-7-8(4-2)6-9-10(15)12(17)14(19)13(18)11(9)16/h6,20H,3-5,7H2,1-2H3. The number of rotatable bonds is 6. The molecule has 0 unspecified atom stereocenters. The van der Waals surface area contributed by atoms with Gasteiger partial charge in [-0.25, -0.2) is 22.0 Å². The van der Waals surface area contributed by atoms with E-state index in [2.05, 4.69) is 5.32 Å². The van der Waals surface area contributed by atoms with E-state index < -0.39 is 34.6 Å². The van der Waals surface area contributed by atoms with E-state index in [1.165, 1.54) is 0 Å². The average molecular weight is 293 g/mol. The third kappa shape index (κ3) is 3.56. The van der Waals surface area contributed by atoms with Gasteiger partial charge in [0.15, 0.2) is 23.3 Å². The van der Waals surface area contributed by atoms with Crippen LogP contribution in [0.2, 0.25) is 0 Å². The summed E-state index contributed by atoms with van der Waals surface area (Å²) in [7, 11) is 0. The Morgan fingerprint density at radius 3 is 1.85 bits per heavy atom. The van der Waals surface area contributed by atoms with Crippen molar-refractivity contribution in [3.63, 3.8) is 0 Å². The number of nitrogens with one attached hydrogen (secondary N) is 1. The molecule has 0 heterocycles. The number of hydrogen-bond donors (Lipinski definition) is 1. The fourth-order valence-corrected chi connectivity index (χ4v) is 1.66. The molecule has 0 aliphatic rings. The lowest BCUT2D eigenvalue weighted by Gasteiger charge is -2.09. The van der Waals surface area contributed by atoms with Crippen molar-refractivity contribution in [2.45, 2.75) is 26.7 Å². The quantitative estimate of drug-likeness (QED) is 0.359. The zero-order valence-electron chi connectivity index (χ0n) is 11.3. The second-order valence-electron chi connectivity index (χ2n) is 4.32. The first-order valence-electron chi connectivity index (χ1n) is 6.35. The molecular formula is C14H16F5N. The van der Waals surface area contributed by atoms with E-state index in [0.29, 0.717) is 25.1 Å². The molecule has 0 aromatic heterocycles. The Morgan fingerprint density at radius 2 is 1.40 bits per heavy atom. The third-order valence-electron chi connectivity index (χ3n) is 2.83. The summed E-state index contributed by atoms with van der Waals surface area (Å²) in [5.41, 5.74) is -0.335. The van der Waals surface area contributed by atoms with Crippen LogP contribution >= 0.6 is 0 Å². The molecule has 0 saturated heterocycles. The van der Waals surface area contributed by atoms with Gasteiger partial charge in [-0.05, 0) is 25.5 Å². The van der Waals surface area contributed by atoms with Gasteiger partial charge in [0.2, 0.25) is 5.82 Å². The molecular weight excluding hydrogens is 277 g/mol. The lowest BCUT2D eigenvalue weighted by Crippen LogP contribution is -2.17. The molecule has 0 bridgehead atoms. The summed E-state index contributed by atoms with van der Waals surface area (Å²) in [5.74, 6) is -9.59. The molecule has 1 aromatic carbocycles. The van der Waals surface area contributed by atoms with Gasteiger partial charge >= 0.3 is 0 Å². The minimum Gasteiger partial charge on any atom is -0.313 e. The van der Waals surface area contributed by atoms with Crippen LogP contribution in [-0.4, -0.2) is 13.1 Å². The number of hydrogen-bond acceptors (Lipinski definition) is 1. The van der Waals surface area contributed by atoms with E-state index in [9.17, 15) is 22.0 Å². The largest absolute Gasteiger partial charge is 0.313 e. The lowest BCUT2D eigenvalue weighted by molar-refractivity contribution is 0.377. The Bertz CT molecular complexity index is 482. The van der Waals surface area contributed by atoms with Gasteiger partial charge in [0.05, 0.1) is 5.56 Å². The maximum atomic E-state index is 13.5. The fraction of sp³-hybridized carbons (Fsp3) is 0.429. The zero-order valence-corrected chi connectivity index (χ0v) is 11.3. The van der Waals surface area contributed by atoms with E-state index in [-0.39, 0.29) is 0 Å². The predicted octanol–water partition coefficient (Wildman–Crippen LogP) is 4.18. The molecule has 0 atom stereocenters. The van der Waals surface area contributed by atoms with Crippen LogP contribution in [0.4, 0.5) is 22.0 Å². The Labute approximate surface area is 114 Å². The summed E-state index contributed by atoms with van der Waals surface area (Å²) >= 11 is 0. The van der Waals surface area contributed by atoms with Gasteiger partial charge in [-0.1, -0.05) is 19.4 Å². The predicted molar refractivity (Wildman–Crippen MR) is 67.7 cm³/mol. The minimum absolute atomic E-state index is 0.337. The fourth-order valence-electron chi connectivity index (χ4n) is 1.66. The second-order valence-corrected chi connectivity index (χ2v) is 4.32. The maximum Gasteiger partial charge on any atom is 0.200 e. The molecule has 6 heteroatoms. The van der Waals surface area contributed by atoms with Crippen molar-refractivity contribution in [2.75, 3.05) is 13.1 Å². The van der Waals surface area contributed by atoms with Crippen LogP contribution in [0.25, 0.3) is 6.08 Å². The summed E-state index contributed by atoms with van der Waals surface area (Å²) in [6.45, 7) is 4.73. The van der Waals surface area contributed by atoms with E-state index in [1.807, 2.05) is 6.92 Å². The molecule has 1 nitrogen and oxygen atoms in total. The van der Waals surface area contributed by atoms with Crippen LogP contribution in [0.15, 0.2) is 5.57 Å². The normalized spacial score (nSPS) is 12.1. The first kappa shape index (κ1) is 16.6. The molecule has 1 rings (SSSR count). The van der Waals surface area contributed by atoms with E-state index in [1.54, 1.807) is 6.92 Å². The van der Waals surface area contributed by atoms with Crippen molar-refractivity contribution < 1.29 is 22.0 Å². The van der Waals surface area contributed by atoms with Gasteiger partial charge in [-0.2, -0.15) is 0 Å². The molecule has 1 N–H and O–H groups in total. The molecule has 1 aromatic rings. The van der Waals surface area contributed by atoms with Crippen LogP contribution in [0.3, 0.4) is 0 Å². The van der Waals surface area contributed by atoms with E-state index in [0.717, 1.165) is 12.5 Å². The maximum absolute atomic E-state index is 13.5. The first-order chi connectivity index (χ1) is 9.43. The monoisotopic (exact) mass is 293 g/mol. The van der Waals surface area contributed by atoms with Gasteiger partial charge < -0.3 is 5.32 Å². The highest BCUT2D eigenvalue weighted by Crippen LogP contribution is 2.25. The van der Waals surface area contributed by atoms with E-state index in [4.69, 9.17) is 0 Å². The van der Waals surface area contributed by atoms with Crippen molar-refractivity contribution >= 4 is 6.08 Å². The summed E-state index contributed by atoms with van der Waals surface area (Å²) in [4.78, 5) is 0. The highest BCUT2D eigenvalue weighted by molar-refractivity contribution is 5.55. The third-order valence-corrected chi connectivity index (χ3v) is 2.83. The van der Waals surface area contributed by atoms with Crippen LogP contribution in [0, 0.1) is 29.1 Å². The number of halogens is 5. The summed E-state index contributed by atoms with van der Waals surface area (Å²) in [5, 5.41) is 3.01. The van der Waals surface area contributed by atoms with Crippen LogP contribution < -0.4 is 5.32 Å². The van der Waals surface area contributed by atoms with Crippen LogP contribution in [0.5, 0.6) is 0 Å². The molecule has 20 heavy (non-hydrogen) atoms. The first-order valence-corrected chi connectivity index (χ1v) is 6.35. The second kappa shape index (κ2) is 7.38. The Balaban J connectivity index is 3.18. The molecule has 0 aliphatic carbocycles. The summed E-state index contributed by atoms with van der Waals surface area (Å²) < 4.78 is 66.0. The minimum atomic E-state index is -2.14. The van der Waals surface area contributed by atoms with Gasteiger partial charge in [0.1, 0.15) is 0 Å². The van der Waals surface area contributed by atoms with Crippen molar-refractivity contribution in [1.82, 2.24) is 5.32 Å². The Kier molecular flexibility index (Phi) is 6.13. The highest BCUT2D eigenvalue weighted by Gasteiger charge is 2.24. The molecule has 0 aliphatic heterocycles. The van der Waals surface area contributed by atoms with Crippen molar-refractivity contribution in [3.05, 3.63) is 40.2 Å². The molecule has 0 fully saturated rings. The molecule has 0 spiro atoms. The summed E-state index contributed by atoms with van der Waals surface area (Å²) in [6.07, 6.45) is 2.33. The lowest BCUT2D eigenvalue weighted by atomic mass is 10.1. The van der Waals surface area contributed by atoms with Crippen LogP contribution in [-0.2, 0) is 0 Å². The molecule has 0 saturated carbocycles. The highest BCUT2D eigenvalue weighted by atomic mass is 19.2. The molecule has 0 radical (unpaired) electrons. The van der Waals surface area contributed by atoms with Crippen molar-refractivity contribution in [2.24, 2.45) is 0 Å². The van der Waals surface area contributed by atoms with Crippen molar-refractivity contribution in [3.8, 4) is 0 Å². The zero-order chi connectivity index (χ0) is 15.3. The summed E-state index contributed by atoms with van der Waals surface area (Å²) in [6, 6.07) is 0. The Hall–Kier alpha value is -1.43. The molecule has 112 valence electrons. The van der Waals surface area contributed by atoms with Crippen LogP contribution in [0.1, 0.15) is 32.3 Å². The van der Waals surface area contributed by atoms with Gasteiger partial charge in [-0.15, -0.1) is 0 Å². The number of benzene rings is 1. The SMILES string of the molecule is CCCNCC(=Cc1c(F)c(F)c(F)c(F)c1F)CC. The molecule has 0 amide bonds.